The molecule has 6 nitrogen and oxygen atoms in total. The van der Waals surface area contributed by atoms with Crippen molar-refractivity contribution in [3.05, 3.63) is 45.5 Å². The minimum Gasteiger partial charge on any atom is -0.496 e. The van der Waals surface area contributed by atoms with E-state index in [9.17, 15) is 9.59 Å². The van der Waals surface area contributed by atoms with Crippen molar-refractivity contribution < 1.29 is 14.3 Å². The van der Waals surface area contributed by atoms with Crippen molar-refractivity contribution in [2.75, 3.05) is 20.2 Å². The molecule has 3 aromatic rings. The molecule has 174 valence electrons. The van der Waals surface area contributed by atoms with Crippen LogP contribution in [0.25, 0.3) is 10.9 Å². The van der Waals surface area contributed by atoms with E-state index in [1.54, 1.807) is 18.4 Å². The van der Waals surface area contributed by atoms with E-state index in [2.05, 4.69) is 20.8 Å². The zero-order chi connectivity index (χ0) is 23.5. The predicted octanol–water partition coefficient (Wildman–Crippen LogP) is 4.99. The maximum atomic E-state index is 13.4. The Morgan fingerprint density at radius 1 is 1.18 bits per heavy atom. The smallest absolute Gasteiger partial charge is 0.254 e. The number of carbonyl (C=O) groups is 2. The van der Waals surface area contributed by atoms with Crippen LogP contribution in [0.5, 0.6) is 5.75 Å². The molecule has 1 spiro atoms. The van der Waals surface area contributed by atoms with E-state index in [0.717, 1.165) is 45.8 Å². The van der Waals surface area contributed by atoms with Gasteiger partial charge in [-0.05, 0) is 42.9 Å². The summed E-state index contributed by atoms with van der Waals surface area (Å²) in [7, 11) is 3.61. The molecule has 1 saturated heterocycles. The first-order valence-corrected chi connectivity index (χ1v) is 12.4. The number of hydrogen-bond donors (Lipinski definition) is 0. The number of Topliss-reactive ketones (excluding diaryl/α,β-unsaturated/α-hetero) is 1. The minimum absolute atomic E-state index is 0.0295. The Bertz CT molecular complexity index is 1260. The Hall–Kier alpha value is -2.67. The van der Waals surface area contributed by atoms with Crippen LogP contribution in [0.3, 0.4) is 0 Å². The van der Waals surface area contributed by atoms with Gasteiger partial charge in [0, 0.05) is 54.0 Å². The van der Waals surface area contributed by atoms with E-state index in [1.807, 2.05) is 40.9 Å². The molecular weight excluding hydrogens is 434 g/mol. The van der Waals surface area contributed by atoms with Crippen molar-refractivity contribution in [1.29, 1.82) is 0 Å². The summed E-state index contributed by atoms with van der Waals surface area (Å²) in [5, 5.41) is 2.04. The van der Waals surface area contributed by atoms with Gasteiger partial charge in [-0.2, -0.15) is 0 Å². The molecule has 5 rings (SSSR count). The number of rotatable bonds is 2. The number of likely N-dealkylation sites (tertiary alicyclic amines) is 1. The number of amides is 1. The summed E-state index contributed by atoms with van der Waals surface area (Å²) in [4.78, 5) is 34.1. The monoisotopic (exact) mass is 465 g/mol. The Labute approximate surface area is 198 Å². The van der Waals surface area contributed by atoms with E-state index in [4.69, 9.17) is 9.72 Å². The molecule has 0 radical (unpaired) electrons. The van der Waals surface area contributed by atoms with Gasteiger partial charge in [0.1, 0.15) is 11.4 Å². The highest BCUT2D eigenvalue weighted by molar-refractivity contribution is 7.12. The van der Waals surface area contributed by atoms with Crippen LogP contribution in [-0.4, -0.2) is 46.3 Å². The van der Waals surface area contributed by atoms with Crippen LogP contribution >= 0.6 is 11.3 Å². The summed E-state index contributed by atoms with van der Waals surface area (Å²) in [5.41, 5.74) is 2.22. The van der Waals surface area contributed by atoms with Crippen molar-refractivity contribution in [3.63, 3.8) is 0 Å². The topological polar surface area (TPSA) is 64.4 Å². The molecule has 0 atom stereocenters. The van der Waals surface area contributed by atoms with E-state index in [1.165, 1.54) is 0 Å². The number of hydrogen-bond acceptors (Lipinski definition) is 5. The lowest BCUT2D eigenvalue weighted by atomic mass is 9.68. The molecule has 1 fully saturated rings. The van der Waals surface area contributed by atoms with Gasteiger partial charge in [-0.1, -0.05) is 20.8 Å². The summed E-state index contributed by atoms with van der Waals surface area (Å²) in [6.07, 6.45) is 5.10. The van der Waals surface area contributed by atoms with Gasteiger partial charge >= 0.3 is 0 Å². The molecule has 1 aliphatic heterocycles. The maximum absolute atomic E-state index is 13.4. The summed E-state index contributed by atoms with van der Waals surface area (Å²) < 4.78 is 7.56. The first kappa shape index (κ1) is 22.1. The van der Waals surface area contributed by atoms with E-state index in [-0.39, 0.29) is 22.5 Å². The van der Waals surface area contributed by atoms with Gasteiger partial charge in [0.25, 0.3) is 5.91 Å². The van der Waals surface area contributed by atoms with Gasteiger partial charge in [-0.25, -0.2) is 4.98 Å². The molecule has 1 amide bonds. The third-order valence-corrected chi connectivity index (χ3v) is 8.70. The quantitative estimate of drug-likeness (QED) is 0.535. The maximum Gasteiger partial charge on any atom is 0.254 e. The molecule has 0 N–H and O–H groups in total. The molecule has 2 aliphatic rings. The molecule has 2 aromatic heterocycles. The first-order valence-electron chi connectivity index (χ1n) is 11.6. The summed E-state index contributed by atoms with van der Waals surface area (Å²) in [6, 6.07) is 5.80. The van der Waals surface area contributed by atoms with Crippen molar-refractivity contribution in [1.82, 2.24) is 14.5 Å². The Kier molecular flexibility index (Phi) is 5.16. The summed E-state index contributed by atoms with van der Waals surface area (Å²) in [5.74, 6) is 0.916. The second-order valence-corrected chi connectivity index (χ2v) is 11.7. The van der Waals surface area contributed by atoms with Gasteiger partial charge in [-0.3, -0.25) is 9.59 Å². The highest BCUT2D eigenvalue weighted by Crippen LogP contribution is 2.46. The SMILES string of the molecule is COc1cc(C(=O)N2CCC3(CC2)CC(=O)c2nc(C(C)(C)C)sc2C3)cc2c1ccn2C. The molecule has 33 heavy (non-hydrogen) atoms. The predicted molar refractivity (Wildman–Crippen MR) is 131 cm³/mol. The molecule has 0 unspecified atom stereocenters. The fourth-order valence-corrected chi connectivity index (χ4v) is 6.50. The average Bonchev–Trinajstić information content (AvgIpc) is 3.37. The van der Waals surface area contributed by atoms with E-state index >= 15 is 0 Å². The van der Waals surface area contributed by atoms with Crippen LogP contribution < -0.4 is 4.74 Å². The second-order valence-electron chi connectivity index (χ2n) is 10.6. The number of carbonyl (C=O) groups excluding carboxylic acids is 2. The Morgan fingerprint density at radius 3 is 2.58 bits per heavy atom. The van der Waals surface area contributed by atoms with E-state index in [0.29, 0.717) is 30.8 Å². The average molecular weight is 466 g/mol. The molecular formula is C26H31N3O3S. The number of ether oxygens (including phenoxy) is 1. The largest absolute Gasteiger partial charge is 0.496 e. The third kappa shape index (κ3) is 3.76. The second kappa shape index (κ2) is 7.69. The number of ketones is 1. The highest BCUT2D eigenvalue weighted by atomic mass is 32.1. The van der Waals surface area contributed by atoms with Crippen LogP contribution in [0.2, 0.25) is 0 Å². The van der Waals surface area contributed by atoms with Crippen molar-refractivity contribution in [3.8, 4) is 5.75 Å². The van der Waals surface area contributed by atoms with Crippen LogP contribution in [0.15, 0.2) is 24.4 Å². The number of fused-ring (bicyclic) bond motifs is 2. The van der Waals surface area contributed by atoms with Gasteiger partial charge in [0.05, 0.1) is 17.6 Å². The highest BCUT2D eigenvalue weighted by Gasteiger charge is 2.44. The minimum atomic E-state index is -0.0533. The molecule has 7 heteroatoms. The lowest BCUT2D eigenvalue weighted by molar-refractivity contribution is 0.0522. The number of methoxy groups -OCH3 is 1. The molecule has 3 heterocycles. The fraction of sp³-hybridized carbons (Fsp3) is 0.500. The van der Waals surface area contributed by atoms with Gasteiger partial charge < -0.3 is 14.2 Å². The number of nitrogens with zero attached hydrogens (tertiary/aromatic N) is 3. The zero-order valence-corrected chi connectivity index (χ0v) is 20.8. The zero-order valence-electron chi connectivity index (χ0n) is 20.0. The molecule has 1 aliphatic carbocycles. The summed E-state index contributed by atoms with van der Waals surface area (Å²) >= 11 is 1.70. The number of piperidine rings is 1. The van der Waals surface area contributed by atoms with Crippen LogP contribution in [0.4, 0.5) is 0 Å². The van der Waals surface area contributed by atoms with Crippen molar-refractivity contribution in [2.24, 2.45) is 12.5 Å². The standard InChI is InChI=1S/C26H31N3O3S/c1-25(2,3)24-27-22-19(30)14-26(15-21(22)33-24)7-10-29(11-8-26)23(31)16-12-18-17(6-9-28(18)4)20(13-16)32-5/h6,9,12-13H,7-8,10-11,14-15H2,1-5H3. The Balaban J connectivity index is 1.35. The first-order chi connectivity index (χ1) is 15.6. The Morgan fingerprint density at radius 2 is 1.91 bits per heavy atom. The van der Waals surface area contributed by atoms with Crippen molar-refractivity contribution >= 4 is 33.9 Å². The molecule has 0 bridgehead atoms. The normalized spacial score (nSPS) is 18.1. The number of benzene rings is 1. The summed E-state index contributed by atoms with van der Waals surface area (Å²) in [6.45, 7) is 7.76. The van der Waals surface area contributed by atoms with Gasteiger partial charge in [0.15, 0.2) is 5.78 Å². The fourth-order valence-electron chi connectivity index (χ4n) is 5.19. The van der Waals surface area contributed by atoms with Crippen LogP contribution in [0, 0.1) is 5.41 Å². The molecule has 0 saturated carbocycles. The van der Waals surface area contributed by atoms with Crippen molar-refractivity contribution in [2.45, 2.75) is 51.9 Å². The van der Waals surface area contributed by atoms with Crippen LogP contribution in [0.1, 0.15) is 70.8 Å². The van der Waals surface area contributed by atoms with E-state index < -0.39 is 0 Å². The number of aromatic nitrogens is 2. The van der Waals surface area contributed by atoms with Gasteiger partial charge in [0.2, 0.25) is 0 Å². The lowest BCUT2D eigenvalue weighted by Gasteiger charge is -2.43. The van der Waals surface area contributed by atoms with Gasteiger partial charge in [-0.15, -0.1) is 11.3 Å². The third-order valence-electron chi connectivity index (χ3n) is 7.22. The number of thiazole rings is 1. The van der Waals surface area contributed by atoms with Crippen LogP contribution in [-0.2, 0) is 18.9 Å². The lowest BCUT2D eigenvalue weighted by Crippen LogP contribution is -2.46. The molecule has 1 aromatic carbocycles. The number of aryl methyl sites for hydroxylation is 1.